The smallest absolute Gasteiger partial charge is 0.244 e. The van der Waals surface area contributed by atoms with Crippen molar-refractivity contribution < 1.29 is 9.59 Å². The third-order valence-corrected chi connectivity index (χ3v) is 9.27. The Kier molecular flexibility index (Phi) is 9.88. The maximum atomic E-state index is 13.6. The largest absolute Gasteiger partial charge is 0.354 e. The molecule has 5 rings (SSSR count). The molecule has 1 saturated heterocycles. The molecule has 2 amide bonds. The van der Waals surface area contributed by atoms with Gasteiger partial charge in [0.2, 0.25) is 11.8 Å². The van der Waals surface area contributed by atoms with Crippen molar-refractivity contribution in [2.75, 3.05) is 26.2 Å². The number of nitrogens with one attached hydrogen (secondary N) is 1. The minimum absolute atomic E-state index is 0.0219. The van der Waals surface area contributed by atoms with E-state index in [1.165, 1.54) is 5.56 Å². The number of amides is 2. The van der Waals surface area contributed by atoms with Gasteiger partial charge in [-0.2, -0.15) is 5.26 Å². The van der Waals surface area contributed by atoms with Gasteiger partial charge in [-0.1, -0.05) is 72.8 Å². The fourth-order valence-corrected chi connectivity index (χ4v) is 6.99. The third kappa shape index (κ3) is 7.86. The van der Waals surface area contributed by atoms with E-state index in [0.29, 0.717) is 31.6 Å². The molecule has 1 N–H and O–H groups in total. The second kappa shape index (κ2) is 14.1. The maximum Gasteiger partial charge on any atom is 0.244 e. The van der Waals surface area contributed by atoms with E-state index < -0.39 is 27.3 Å². The van der Waals surface area contributed by atoms with Crippen LogP contribution in [0.5, 0.6) is 0 Å². The zero-order chi connectivity index (χ0) is 28.4. The lowest BCUT2D eigenvalue weighted by molar-refractivity contribution is -0.143. The van der Waals surface area contributed by atoms with Gasteiger partial charge in [0.05, 0.1) is 30.8 Å². The Morgan fingerprint density at radius 2 is 1.59 bits per heavy atom. The molecular weight excluding hydrogens is 627 g/mol. The number of rotatable bonds is 10. The lowest BCUT2D eigenvalue weighted by atomic mass is 10.1. The molecule has 2 aliphatic rings. The Bertz CT molecular complexity index is 1440. The molecule has 9 heteroatoms. The van der Waals surface area contributed by atoms with E-state index in [9.17, 15) is 9.59 Å². The summed E-state index contributed by atoms with van der Waals surface area (Å²) in [6, 6.07) is 29.2. The van der Waals surface area contributed by atoms with Crippen molar-refractivity contribution in [1.29, 1.82) is 5.26 Å². The zero-order valence-corrected chi connectivity index (χ0v) is 25.0. The zero-order valence-electron chi connectivity index (χ0n) is 22.8. The standard InChI is InChI=1S/C32H33IN6O2/c34-20-26-11-13-28(14-12-26)23-39-29(21-36-33-39)15-16-35-32(41)30-24-37(22-27-9-5-2-6-10-27)17-18-38(30)31(40)19-25-7-3-1-4-8-25/h1-14,21,30H,15-19,22-24H2,(H,35,41)/t30-/m1/s1. The van der Waals surface area contributed by atoms with Crippen LogP contribution in [0.15, 0.2) is 100.0 Å². The van der Waals surface area contributed by atoms with Crippen LogP contribution in [0.2, 0.25) is 0 Å². The first kappa shape index (κ1) is 28.6. The van der Waals surface area contributed by atoms with E-state index >= 15 is 0 Å². The highest BCUT2D eigenvalue weighted by Crippen LogP contribution is 2.30. The van der Waals surface area contributed by atoms with Crippen molar-refractivity contribution >= 4 is 33.1 Å². The minimum atomic E-state index is -0.548. The van der Waals surface area contributed by atoms with Crippen molar-refractivity contribution in [3.63, 3.8) is 0 Å². The van der Waals surface area contributed by atoms with Gasteiger partial charge in [0.15, 0.2) is 0 Å². The second-order valence-corrected chi connectivity index (χ2v) is 12.3. The number of nitrogens with zero attached hydrogens (tertiary/aromatic N) is 5. The normalized spacial score (nSPS) is 17.0. The maximum absolute atomic E-state index is 13.6. The fourth-order valence-electron chi connectivity index (χ4n) is 5.05. The highest BCUT2D eigenvalue weighted by Gasteiger charge is 2.35. The van der Waals surface area contributed by atoms with E-state index in [-0.39, 0.29) is 18.2 Å². The van der Waals surface area contributed by atoms with Crippen LogP contribution >= 0.6 is 21.3 Å². The molecular formula is C32H33IN6O2. The predicted octanol–water partition coefficient (Wildman–Crippen LogP) is 4.75. The molecule has 2 heterocycles. The molecule has 0 spiro atoms. The molecule has 3 aromatic rings. The SMILES string of the molecule is N#Cc1ccc(CN2I=NC=C2CCNC(=O)[C@H]2CN(Cc3ccccc3)CCN2C(=O)Cc2ccccc2)cc1. The van der Waals surface area contributed by atoms with E-state index in [4.69, 9.17) is 5.26 Å². The topological polar surface area (TPSA) is 92.0 Å². The Hall–Kier alpha value is -3.88. The number of halogens is 1. The monoisotopic (exact) mass is 660 g/mol. The summed E-state index contributed by atoms with van der Waals surface area (Å²) < 4.78 is 6.82. The van der Waals surface area contributed by atoms with Crippen LogP contribution in [0.1, 0.15) is 28.7 Å². The summed E-state index contributed by atoms with van der Waals surface area (Å²) in [5, 5.41) is 12.2. The van der Waals surface area contributed by atoms with E-state index in [2.05, 4.69) is 34.7 Å². The van der Waals surface area contributed by atoms with E-state index in [1.54, 1.807) is 4.90 Å². The average molecular weight is 661 g/mol. The predicted molar refractivity (Wildman–Crippen MR) is 166 cm³/mol. The molecule has 0 radical (unpaired) electrons. The van der Waals surface area contributed by atoms with Crippen molar-refractivity contribution in [1.82, 2.24) is 18.2 Å². The fraction of sp³-hybridized carbons (Fsp3) is 0.281. The number of hydrogen-bond donors (Lipinski definition) is 1. The van der Waals surface area contributed by atoms with Crippen molar-refractivity contribution in [3.8, 4) is 6.07 Å². The number of piperazine rings is 1. The molecule has 0 unspecified atom stereocenters. The highest BCUT2D eigenvalue weighted by molar-refractivity contribution is 14.1. The Labute approximate surface area is 251 Å². The summed E-state index contributed by atoms with van der Waals surface area (Å²) in [6.45, 7) is 3.69. The molecule has 1 atom stereocenters. The van der Waals surface area contributed by atoms with Crippen LogP contribution in [0.25, 0.3) is 0 Å². The Morgan fingerprint density at radius 1 is 0.902 bits per heavy atom. The first-order chi connectivity index (χ1) is 20.1. The summed E-state index contributed by atoms with van der Waals surface area (Å²) in [5.74, 6) is -0.139. The van der Waals surface area contributed by atoms with Crippen molar-refractivity contribution in [2.24, 2.45) is 3.15 Å². The molecule has 3 aromatic carbocycles. The molecule has 1 fully saturated rings. The van der Waals surface area contributed by atoms with Gasteiger partial charge in [0.1, 0.15) is 27.3 Å². The molecule has 41 heavy (non-hydrogen) atoms. The molecule has 8 nitrogen and oxygen atoms in total. The number of carbonyl (C=O) groups is 2. The van der Waals surface area contributed by atoms with E-state index in [0.717, 1.165) is 36.5 Å². The van der Waals surface area contributed by atoms with Crippen LogP contribution in [0.4, 0.5) is 0 Å². The lowest BCUT2D eigenvalue weighted by Gasteiger charge is -2.40. The van der Waals surface area contributed by atoms with Crippen molar-refractivity contribution in [2.45, 2.75) is 32.0 Å². The van der Waals surface area contributed by atoms with Gasteiger partial charge in [0, 0.05) is 44.8 Å². The van der Waals surface area contributed by atoms with Crippen LogP contribution in [-0.2, 0) is 29.1 Å². The second-order valence-electron chi connectivity index (χ2n) is 10.1. The van der Waals surface area contributed by atoms with Gasteiger partial charge in [0.25, 0.3) is 0 Å². The van der Waals surface area contributed by atoms with Crippen molar-refractivity contribution in [3.05, 3.63) is 119 Å². The van der Waals surface area contributed by atoms with E-state index in [1.807, 2.05) is 79.0 Å². The van der Waals surface area contributed by atoms with Crippen LogP contribution in [0.3, 0.4) is 0 Å². The molecule has 0 aliphatic carbocycles. The van der Waals surface area contributed by atoms with Crippen LogP contribution < -0.4 is 5.32 Å². The summed E-state index contributed by atoms with van der Waals surface area (Å²) >= 11 is -0.492. The van der Waals surface area contributed by atoms with Crippen LogP contribution in [-0.4, -0.2) is 56.9 Å². The summed E-state index contributed by atoms with van der Waals surface area (Å²) in [5.41, 5.74) is 5.02. The Balaban J connectivity index is 1.20. The molecule has 210 valence electrons. The van der Waals surface area contributed by atoms with Gasteiger partial charge in [-0.3, -0.25) is 14.5 Å². The van der Waals surface area contributed by atoms with Gasteiger partial charge < -0.3 is 13.3 Å². The molecule has 0 aromatic heterocycles. The highest BCUT2D eigenvalue weighted by atomic mass is 127. The summed E-state index contributed by atoms with van der Waals surface area (Å²) in [7, 11) is 0. The summed E-state index contributed by atoms with van der Waals surface area (Å²) in [4.78, 5) is 31.0. The molecule has 2 aliphatic heterocycles. The number of benzene rings is 3. The third-order valence-electron chi connectivity index (χ3n) is 7.26. The Morgan fingerprint density at radius 3 is 2.29 bits per heavy atom. The number of carbonyl (C=O) groups excluding carboxylic acids is 2. The van der Waals surface area contributed by atoms with Crippen LogP contribution in [0, 0.1) is 11.3 Å². The van der Waals surface area contributed by atoms with Gasteiger partial charge in [-0.25, -0.2) is 3.15 Å². The quantitative estimate of drug-likeness (QED) is 0.251. The van der Waals surface area contributed by atoms with Gasteiger partial charge in [-0.05, 0) is 28.8 Å². The number of nitriles is 1. The van der Waals surface area contributed by atoms with Gasteiger partial charge in [-0.15, -0.1) is 0 Å². The average Bonchev–Trinajstić information content (AvgIpc) is 3.45. The summed E-state index contributed by atoms with van der Waals surface area (Å²) in [6.07, 6.45) is 2.87. The molecule has 0 saturated carbocycles. The minimum Gasteiger partial charge on any atom is -0.354 e. The van der Waals surface area contributed by atoms with Gasteiger partial charge >= 0.3 is 0 Å². The first-order valence-corrected chi connectivity index (χ1v) is 15.7. The number of hydrogen-bond acceptors (Lipinski definition) is 6. The molecule has 0 bridgehead atoms. The first-order valence-electron chi connectivity index (χ1n) is 13.8. The lowest BCUT2D eigenvalue weighted by Crippen LogP contribution is -2.60.